The van der Waals surface area contributed by atoms with Gasteiger partial charge in [-0.3, -0.25) is 0 Å². The van der Waals surface area contributed by atoms with E-state index in [-0.39, 0.29) is 6.04 Å². The lowest BCUT2D eigenvalue weighted by atomic mass is 9.98. The van der Waals surface area contributed by atoms with Crippen molar-refractivity contribution in [2.24, 2.45) is 5.73 Å². The molecule has 0 amide bonds. The molecular weight excluding hydrogens is 228 g/mol. The lowest BCUT2D eigenvalue weighted by Gasteiger charge is -2.22. The average Bonchev–Trinajstić information content (AvgIpc) is 2.37. The Hall–Kier alpha value is -1.10. The van der Waals surface area contributed by atoms with Crippen LogP contribution in [0.15, 0.2) is 18.2 Å². The number of aliphatic hydroxyl groups is 1. The summed E-state index contributed by atoms with van der Waals surface area (Å²) in [6, 6.07) is 5.51. The Morgan fingerprint density at radius 1 is 1.44 bits per heavy atom. The van der Waals surface area contributed by atoms with E-state index in [2.05, 4.69) is 5.32 Å². The Bertz CT molecular complexity index is 369. The van der Waals surface area contributed by atoms with Crippen LogP contribution in [0.1, 0.15) is 30.6 Å². The van der Waals surface area contributed by atoms with E-state index >= 15 is 0 Å². The number of aryl methyl sites for hydroxylation is 1. The van der Waals surface area contributed by atoms with Gasteiger partial charge in [0.05, 0.1) is 12.7 Å². The van der Waals surface area contributed by atoms with Gasteiger partial charge in [0.25, 0.3) is 0 Å². The Balaban J connectivity index is 2.87. The second-order valence-electron chi connectivity index (χ2n) is 4.48. The fourth-order valence-electron chi connectivity index (χ4n) is 1.89. The van der Waals surface area contributed by atoms with E-state index in [4.69, 9.17) is 10.5 Å². The van der Waals surface area contributed by atoms with E-state index in [1.807, 2.05) is 39.1 Å². The molecule has 2 unspecified atom stereocenters. The first-order chi connectivity index (χ1) is 8.60. The van der Waals surface area contributed by atoms with Crippen molar-refractivity contribution in [1.82, 2.24) is 5.32 Å². The average molecular weight is 252 g/mol. The molecular formula is C14H24N2O2. The Kier molecular flexibility index (Phi) is 6.12. The summed E-state index contributed by atoms with van der Waals surface area (Å²) in [4.78, 5) is 0. The number of rotatable bonds is 7. The summed E-state index contributed by atoms with van der Waals surface area (Å²) >= 11 is 0. The molecule has 0 aromatic heterocycles. The zero-order chi connectivity index (χ0) is 13.5. The third-order valence-corrected chi connectivity index (χ3v) is 2.92. The second kappa shape index (κ2) is 7.36. The van der Waals surface area contributed by atoms with Crippen LogP contribution < -0.4 is 15.8 Å². The number of hydrogen-bond acceptors (Lipinski definition) is 4. The molecule has 4 heteroatoms. The standard InChI is InChI=1S/C14H24N2O2/c1-4-18-13-6-5-10(2)9-11(13)14(17)12(15)7-8-16-3/h5-6,9,12,14,16-17H,4,7-8,15H2,1-3H3. The van der Waals surface area contributed by atoms with Crippen LogP contribution in [0.5, 0.6) is 5.75 Å². The number of nitrogens with one attached hydrogen (secondary N) is 1. The van der Waals surface area contributed by atoms with Crippen molar-refractivity contribution in [1.29, 1.82) is 0 Å². The van der Waals surface area contributed by atoms with Gasteiger partial charge < -0.3 is 20.9 Å². The molecule has 0 fully saturated rings. The highest BCUT2D eigenvalue weighted by Crippen LogP contribution is 2.28. The third kappa shape index (κ3) is 3.98. The van der Waals surface area contributed by atoms with Gasteiger partial charge in [0, 0.05) is 11.6 Å². The molecule has 2 atom stereocenters. The van der Waals surface area contributed by atoms with E-state index in [0.29, 0.717) is 6.61 Å². The highest BCUT2D eigenvalue weighted by atomic mass is 16.5. The van der Waals surface area contributed by atoms with Gasteiger partial charge in [-0.05, 0) is 46.0 Å². The van der Waals surface area contributed by atoms with Gasteiger partial charge in [0.15, 0.2) is 0 Å². The zero-order valence-electron chi connectivity index (χ0n) is 11.4. The summed E-state index contributed by atoms with van der Waals surface area (Å²) in [5, 5.41) is 13.3. The summed E-state index contributed by atoms with van der Waals surface area (Å²) in [6.07, 6.45) is 0.0248. The lowest BCUT2D eigenvalue weighted by Crippen LogP contribution is -2.31. The summed E-state index contributed by atoms with van der Waals surface area (Å²) < 4.78 is 5.54. The molecule has 0 aliphatic heterocycles. The van der Waals surface area contributed by atoms with Gasteiger partial charge in [-0.15, -0.1) is 0 Å². The molecule has 0 bridgehead atoms. The van der Waals surface area contributed by atoms with E-state index in [1.165, 1.54) is 0 Å². The van der Waals surface area contributed by atoms with Crippen molar-refractivity contribution in [3.05, 3.63) is 29.3 Å². The van der Waals surface area contributed by atoms with Crippen LogP contribution in [0.4, 0.5) is 0 Å². The second-order valence-corrected chi connectivity index (χ2v) is 4.48. The monoisotopic (exact) mass is 252 g/mol. The topological polar surface area (TPSA) is 67.5 Å². The molecule has 1 aromatic carbocycles. The normalized spacial score (nSPS) is 14.3. The quantitative estimate of drug-likeness (QED) is 0.685. The van der Waals surface area contributed by atoms with E-state index < -0.39 is 6.10 Å². The molecule has 0 aliphatic rings. The molecule has 102 valence electrons. The molecule has 4 N–H and O–H groups in total. The summed E-state index contributed by atoms with van der Waals surface area (Å²) in [7, 11) is 1.87. The van der Waals surface area contributed by atoms with Crippen LogP contribution in [0, 0.1) is 6.92 Å². The van der Waals surface area contributed by atoms with Crippen LogP contribution in [0.2, 0.25) is 0 Å². The number of benzene rings is 1. The first-order valence-corrected chi connectivity index (χ1v) is 6.41. The van der Waals surface area contributed by atoms with Gasteiger partial charge in [-0.2, -0.15) is 0 Å². The number of aliphatic hydroxyl groups excluding tert-OH is 1. The first-order valence-electron chi connectivity index (χ1n) is 6.41. The predicted octanol–water partition coefficient (Wildman–Crippen LogP) is 1.36. The molecule has 1 rings (SSSR count). The molecule has 4 nitrogen and oxygen atoms in total. The van der Waals surface area contributed by atoms with Gasteiger partial charge in [0.1, 0.15) is 5.75 Å². The van der Waals surface area contributed by atoms with Gasteiger partial charge in [-0.1, -0.05) is 11.6 Å². The van der Waals surface area contributed by atoms with E-state index in [1.54, 1.807) is 0 Å². The van der Waals surface area contributed by atoms with Crippen molar-refractivity contribution >= 4 is 0 Å². The molecule has 0 aliphatic carbocycles. The minimum Gasteiger partial charge on any atom is -0.493 e. The minimum absolute atomic E-state index is 0.293. The minimum atomic E-state index is -0.695. The van der Waals surface area contributed by atoms with Gasteiger partial charge in [-0.25, -0.2) is 0 Å². The fourth-order valence-corrected chi connectivity index (χ4v) is 1.89. The molecule has 0 radical (unpaired) electrons. The largest absolute Gasteiger partial charge is 0.493 e. The maximum Gasteiger partial charge on any atom is 0.125 e. The zero-order valence-corrected chi connectivity index (χ0v) is 11.4. The van der Waals surface area contributed by atoms with Crippen LogP contribution in [-0.2, 0) is 0 Å². The molecule has 0 spiro atoms. The van der Waals surface area contributed by atoms with Gasteiger partial charge in [0.2, 0.25) is 0 Å². The summed E-state index contributed by atoms with van der Waals surface area (Å²) in [6.45, 7) is 5.28. The summed E-state index contributed by atoms with van der Waals surface area (Å²) in [5.41, 5.74) is 7.87. The highest BCUT2D eigenvalue weighted by Gasteiger charge is 2.20. The number of nitrogens with two attached hydrogens (primary N) is 1. The highest BCUT2D eigenvalue weighted by molar-refractivity contribution is 5.39. The van der Waals surface area contributed by atoms with Crippen molar-refractivity contribution in [2.45, 2.75) is 32.4 Å². The summed E-state index contributed by atoms with van der Waals surface area (Å²) in [5.74, 6) is 0.718. The van der Waals surface area contributed by atoms with Gasteiger partial charge >= 0.3 is 0 Å². The molecule has 0 saturated carbocycles. The van der Waals surface area contributed by atoms with Crippen LogP contribution in [-0.4, -0.2) is 31.3 Å². The first kappa shape index (κ1) is 15.0. The van der Waals surface area contributed by atoms with Crippen LogP contribution >= 0.6 is 0 Å². The molecule has 1 aromatic rings. The molecule has 18 heavy (non-hydrogen) atoms. The predicted molar refractivity (Wildman–Crippen MR) is 73.8 cm³/mol. The van der Waals surface area contributed by atoms with Crippen molar-refractivity contribution in [3.63, 3.8) is 0 Å². The molecule has 0 saturated heterocycles. The van der Waals surface area contributed by atoms with Crippen molar-refractivity contribution in [2.75, 3.05) is 20.2 Å². The van der Waals surface area contributed by atoms with E-state index in [9.17, 15) is 5.11 Å². The Morgan fingerprint density at radius 2 is 2.17 bits per heavy atom. The maximum atomic E-state index is 10.3. The van der Waals surface area contributed by atoms with Crippen LogP contribution in [0.25, 0.3) is 0 Å². The van der Waals surface area contributed by atoms with Crippen molar-refractivity contribution < 1.29 is 9.84 Å². The number of hydrogen-bond donors (Lipinski definition) is 3. The Labute approximate surface area is 109 Å². The smallest absolute Gasteiger partial charge is 0.125 e. The fraction of sp³-hybridized carbons (Fsp3) is 0.571. The third-order valence-electron chi connectivity index (χ3n) is 2.92. The Morgan fingerprint density at radius 3 is 2.78 bits per heavy atom. The maximum absolute atomic E-state index is 10.3. The lowest BCUT2D eigenvalue weighted by molar-refractivity contribution is 0.137. The van der Waals surface area contributed by atoms with Crippen LogP contribution in [0.3, 0.4) is 0 Å². The number of ether oxygens (including phenoxy) is 1. The SMILES string of the molecule is CCOc1ccc(C)cc1C(O)C(N)CCNC. The molecule has 0 heterocycles. The van der Waals surface area contributed by atoms with Crippen molar-refractivity contribution in [3.8, 4) is 5.75 Å². The van der Waals surface area contributed by atoms with E-state index in [0.717, 1.165) is 29.8 Å².